The van der Waals surface area contributed by atoms with Crippen LogP contribution in [0.1, 0.15) is 5.56 Å². The molecular weight excluding hydrogens is 257 g/mol. The monoisotopic (exact) mass is 267 g/mol. The molecule has 0 spiro atoms. The van der Waals surface area contributed by atoms with Gasteiger partial charge < -0.3 is 10.4 Å². The summed E-state index contributed by atoms with van der Waals surface area (Å²) in [7, 11) is 0. The Morgan fingerprint density at radius 3 is 2.47 bits per heavy atom. The van der Waals surface area contributed by atoms with Crippen molar-refractivity contribution in [1.29, 1.82) is 0 Å². The normalized spacial score (nSPS) is 10.2. The van der Waals surface area contributed by atoms with Crippen molar-refractivity contribution >= 4 is 28.9 Å². The molecule has 0 bridgehead atoms. The zero-order valence-electron chi connectivity index (χ0n) is 8.95. The lowest BCUT2D eigenvalue weighted by Gasteiger charge is -2.08. The van der Waals surface area contributed by atoms with Crippen LogP contribution in [0.3, 0.4) is 0 Å². The number of hydrogen-bond acceptors (Lipinski definition) is 2. The van der Waals surface area contributed by atoms with Gasteiger partial charge in [0.2, 0.25) is 0 Å². The Bertz CT molecular complexity index is 529. The van der Waals surface area contributed by atoms with E-state index in [1.807, 2.05) is 24.3 Å². The van der Waals surface area contributed by atoms with E-state index in [0.717, 1.165) is 16.3 Å². The number of nitrogens with one attached hydrogen (secondary N) is 1. The van der Waals surface area contributed by atoms with Crippen LogP contribution in [-0.2, 0) is 6.54 Å². The summed E-state index contributed by atoms with van der Waals surface area (Å²) >= 11 is 11.9. The number of halogens is 2. The van der Waals surface area contributed by atoms with E-state index in [1.54, 1.807) is 18.2 Å². The molecule has 17 heavy (non-hydrogen) atoms. The zero-order valence-corrected chi connectivity index (χ0v) is 10.5. The third-order valence-electron chi connectivity index (χ3n) is 2.39. The van der Waals surface area contributed by atoms with Crippen molar-refractivity contribution in [2.24, 2.45) is 0 Å². The number of rotatable bonds is 3. The van der Waals surface area contributed by atoms with Crippen molar-refractivity contribution in [3.8, 4) is 5.75 Å². The fourth-order valence-corrected chi connectivity index (χ4v) is 1.84. The molecule has 0 unspecified atom stereocenters. The Hall–Kier alpha value is -1.38. The van der Waals surface area contributed by atoms with Gasteiger partial charge in [0.25, 0.3) is 0 Å². The van der Waals surface area contributed by atoms with E-state index in [0.29, 0.717) is 11.6 Å². The van der Waals surface area contributed by atoms with Crippen molar-refractivity contribution in [3.63, 3.8) is 0 Å². The lowest BCUT2D eigenvalue weighted by molar-refractivity contribution is 0.475. The number of anilines is 1. The maximum atomic E-state index is 9.29. The summed E-state index contributed by atoms with van der Waals surface area (Å²) < 4.78 is 0. The molecule has 0 aromatic heterocycles. The number of phenolic OH excluding ortho intramolecular Hbond substituents is 1. The average Bonchev–Trinajstić information content (AvgIpc) is 2.32. The fourth-order valence-electron chi connectivity index (χ4n) is 1.46. The van der Waals surface area contributed by atoms with Crippen LogP contribution in [-0.4, -0.2) is 5.11 Å². The highest BCUT2D eigenvalue weighted by Crippen LogP contribution is 2.26. The van der Waals surface area contributed by atoms with Gasteiger partial charge in [-0.15, -0.1) is 0 Å². The number of hydrogen-bond donors (Lipinski definition) is 2. The number of phenols is 1. The summed E-state index contributed by atoms with van der Waals surface area (Å²) in [6.07, 6.45) is 0. The second kappa shape index (κ2) is 5.30. The van der Waals surface area contributed by atoms with Crippen molar-refractivity contribution in [2.75, 3.05) is 5.32 Å². The van der Waals surface area contributed by atoms with Gasteiger partial charge in [0, 0.05) is 17.3 Å². The first-order chi connectivity index (χ1) is 8.16. The fraction of sp³-hybridized carbons (Fsp3) is 0.0769. The van der Waals surface area contributed by atoms with Crippen LogP contribution in [0.4, 0.5) is 5.69 Å². The summed E-state index contributed by atoms with van der Waals surface area (Å²) in [5, 5.41) is 13.5. The minimum Gasteiger partial charge on any atom is -0.506 e. The molecule has 2 aromatic rings. The SMILES string of the molecule is Oc1ccc(NCc2ccccc2Cl)cc1Cl. The molecular formula is C13H11Cl2NO. The van der Waals surface area contributed by atoms with Gasteiger partial charge in [0.05, 0.1) is 5.02 Å². The molecule has 0 amide bonds. The molecule has 2 rings (SSSR count). The van der Waals surface area contributed by atoms with E-state index < -0.39 is 0 Å². The summed E-state index contributed by atoms with van der Waals surface area (Å²) in [5.41, 5.74) is 1.85. The highest BCUT2D eigenvalue weighted by molar-refractivity contribution is 6.32. The van der Waals surface area contributed by atoms with Gasteiger partial charge in [-0.05, 0) is 29.8 Å². The molecule has 0 aliphatic carbocycles. The summed E-state index contributed by atoms with van der Waals surface area (Å²) in [4.78, 5) is 0. The largest absolute Gasteiger partial charge is 0.506 e. The summed E-state index contributed by atoms with van der Waals surface area (Å²) in [6, 6.07) is 12.6. The topological polar surface area (TPSA) is 32.3 Å². The first-order valence-electron chi connectivity index (χ1n) is 5.12. The Morgan fingerprint density at radius 2 is 1.76 bits per heavy atom. The molecule has 0 fully saturated rings. The van der Waals surface area contributed by atoms with Crippen molar-refractivity contribution < 1.29 is 5.11 Å². The van der Waals surface area contributed by atoms with Crippen LogP contribution in [0.25, 0.3) is 0 Å². The van der Waals surface area contributed by atoms with Gasteiger partial charge in [0.15, 0.2) is 0 Å². The van der Waals surface area contributed by atoms with E-state index in [2.05, 4.69) is 5.32 Å². The molecule has 0 saturated carbocycles. The Balaban J connectivity index is 2.08. The highest BCUT2D eigenvalue weighted by Gasteiger charge is 2.01. The van der Waals surface area contributed by atoms with E-state index in [-0.39, 0.29) is 5.75 Å². The number of benzene rings is 2. The lowest BCUT2D eigenvalue weighted by Crippen LogP contribution is -1.99. The molecule has 0 heterocycles. The Kier molecular flexibility index (Phi) is 3.77. The van der Waals surface area contributed by atoms with Gasteiger partial charge in [-0.3, -0.25) is 0 Å². The van der Waals surface area contributed by atoms with Crippen LogP contribution in [0.15, 0.2) is 42.5 Å². The van der Waals surface area contributed by atoms with Crippen LogP contribution in [0.2, 0.25) is 10.0 Å². The van der Waals surface area contributed by atoms with Gasteiger partial charge in [-0.2, -0.15) is 0 Å². The molecule has 0 radical (unpaired) electrons. The molecule has 0 aliphatic rings. The minimum absolute atomic E-state index is 0.0787. The van der Waals surface area contributed by atoms with Crippen molar-refractivity contribution in [1.82, 2.24) is 0 Å². The van der Waals surface area contributed by atoms with E-state index >= 15 is 0 Å². The minimum atomic E-state index is 0.0787. The average molecular weight is 268 g/mol. The Morgan fingerprint density at radius 1 is 1.00 bits per heavy atom. The second-order valence-electron chi connectivity index (χ2n) is 3.61. The summed E-state index contributed by atoms with van der Waals surface area (Å²) in [5.74, 6) is 0.0787. The molecule has 88 valence electrons. The first-order valence-corrected chi connectivity index (χ1v) is 5.88. The quantitative estimate of drug-likeness (QED) is 0.813. The van der Waals surface area contributed by atoms with Gasteiger partial charge >= 0.3 is 0 Å². The van der Waals surface area contributed by atoms with Crippen LogP contribution in [0, 0.1) is 0 Å². The van der Waals surface area contributed by atoms with Crippen LogP contribution >= 0.6 is 23.2 Å². The predicted octanol–water partition coefficient (Wildman–Crippen LogP) is 4.31. The molecule has 0 atom stereocenters. The smallest absolute Gasteiger partial charge is 0.134 e. The van der Waals surface area contributed by atoms with Gasteiger partial charge in [-0.25, -0.2) is 0 Å². The molecule has 2 nitrogen and oxygen atoms in total. The van der Waals surface area contributed by atoms with Gasteiger partial charge in [-0.1, -0.05) is 41.4 Å². The second-order valence-corrected chi connectivity index (χ2v) is 4.43. The lowest BCUT2D eigenvalue weighted by atomic mass is 10.2. The molecule has 2 aromatic carbocycles. The maximum Gasteiger partial charge on any atom is 0.134 e. The van der Waals surface area contributed by atoms with E-state index in [9.17, 15) is 5.11 Å². The first kappa shape index (κ1) is 12.1. The summed E-state index contributed by atoms with van der Waals surface area (Å²) in [6.45, 7) is 0.612. The molecule has 0 saturated heterocycles. The molecule has 2 N–H and O–H groups in total. The number of aromatic hydroxyl groups is 1. The standard InChI is InChI=1S/C13H11Cl2NO/c14-11-4-2-1-3-9(11)8-16-10-5-6-13(17)12(15)7-10/h1-7,16-17H,8H2. The zero-order chi connectivity index (χ0) is 12.3. The predicted molar refractivity (Wildman–Crippen MR) is 71.9 cm³/mol. The van der Waals surface area contributed by atoms with E-state index in [4.69, 9.17) is 23.2 Å². The molecule has 0 aliphatic heterocycles. The maximum absolute atomic E-state index is 9.29. The van der Waals surface area contributed by atoms with Crippen LogP contribution < -0.4 is 5.32 Å². The van der Waals surface area contributed by atoms with Crippen molar-refractivity contribution in [2.45, 2.75) is 6.54 Å². The third kappa shape index (κ3) is 3.05. The molecule has 4 heteroatoms. The van der Waals surface area contributed by atoms with Gasteiger partial charge in [0.1, 0.15) is 5.75 Å². The third-order valence-corrected chi connectivity index (χ3v) is 3.06. The van der Waals surface area contributed by atoms with Crippen LogP contribution in [0.5, 0.6) is 5.75 Å². The Labute approximate surface area is 110 Å². The highest BCUT2D eigenvalue weighted by atomic mass is 35.5. The van der Waals surface area contributed by atoms with E-state index in [1.165, 1.54) is 0 Å². The van der Waals surface area contributed by atoms with Crippen molar-refractivity contribution in [3.05, 3.63) is 58.1 Å².